The zero-order valence-electron chi connectivity index (χ0n) is 9.35. The molecule has 0 spiro atoms. The highest BCUT2D eigenvalue weighted by Gasteiger charge is 2.08. The van der Waals surface area contributed by atoms with Gasteiger partial charge in [0.2, 0.25) is 5.78 Å². The Hall–Kier alpha value is -2.05. The first-order valence-electron chi connectivity index (χ1n) is 5.27. The summed E-state index contributed by atoms with van der Waals surface area (Å²) in [5.74, 6) is 4.81. The number of carbonyl (C=O) groups is 1. The van der Waals surface area contributed by atoms with Crippen LogP contribution in [0.25, 0.3) is 0 Å². The van der Waals surface area contributed by atoms with Crippen molar-refractivity contribution in [2.45, 2.75) is 0 Å². The summed E-state index contributed by atoms with van der Waals surface area (Å²) in [4.78, 5) is 11.8. The highest BCUT2D eigenvalue weighted by atomic mass is 79.9. The van der Waals surface area contributed by atoms with Crippen LogP contribution in [-0.4, -0.2) is 10.9 Å². The van der Waals surface area contributed by atoms with Gasteiger partial charge in [0.1, 0.15) is 5.75 Å². The van der Waals surface area contributed by atoms with E-state index in [1.54, 1.807) is 12.1 Å². The van der Waals surface area contributed by atoms with Crippen molar-refractivity contribution in [1.29, 1.82) is 0 Å². The molecule has 2 nitrogen and oxygen atoms in total. The summed E-state index contributed by atoms with van der Waals surface area (Å²) in [6.45, 7) is 0. The largest absolute Gasteiger partial charge is 0.507 e. The molecular weight excluding hydrogens is 292 g/mol. The maximum atomic E-state index is 11.8. The maximum absolute atomic E-state index is 11.8. The Morgan fingerprint density at radius 2 is 1.83 bits per heavy atom. The van der Waals surface area contributed by atoms with Crippen LogP contribution < -0.4 is 0 Å². The Morgan fingerprint density at radius 3 is 2.56 bits per heavy atom. The van der Waals surface area contributed by atoms with Crippen molar-refractivity contribution in [3.05, 3.63) is 64.1 Å². The van der Waals surface area contributed by atoms with Crippen LogP contribution in [0.2, 0.25) is 0 Å². The van der Waals surface area contributed by atoms with Crippen LogP contribution in [0.3, 0.4) is 0 Å². The molecule has 3 heteroatoms. The summed E-state index contributed by atoms with van der Waals surface area (Å²) in [5, 5.41) is 9.59. The molecule has 0 aliphatic carbocycles. The monoisotopic (exact) mass is 300 g/mol. The number of Topliss-reactive ketones (excluding diaryl/α,β-unsaturated/α-hetero) is 1. The predicted octanol–water partition coefficient (Wildman–Crippen LogP) is 3.39. The van der Waals surface area contributed by atoms with Crippen molar-refractivity contribution in [3.63, 3.8) is 0 Å². The SMILES string of the molecule is O=C(C#Cc1ccccc1)c1cc(Br)ccc1O. The Balaban J connectivity index is 2.28. The van der Waals surface area contributed by atoms with Crippen molar-refractivity contribution in [1.82, 2.24) is 0 Å². The first kappa shape index (κ1) is 12.4. The van der Waals surface area contributed by atoms with Gasteiger partial charge in [-0.3, -0.25) is 4.79 Å². The molecule has 0 unspecified atom stereocenters. The molecule has 0 bridgehead atoms. The molecule has 0 aliphatic heterocycles. The Bertz CT molecular complexity index is 637. The zero-order chi connectivity index (χ0) is 13.0. The van der Waals surface area contributed by atoms with Gasteiger partial charge in [-0.25, -0.2) is 0 Å². The molecule has 0 saturated heterocycles. The molecule has 0 heterocycles. The molecule has 0 atom stereocenters. The van der Waals surface area contributed by atoms with E-state index in [1.165, 1.54) is 6.07 Å². The normalized spacial score (nSPS) is 9.39. The fraction of sp³-hybridized carbons (Fsp3) is 0. The van der Waals surface area contributed by atoms with Gasteiger partial charge in [-0.2, -0.15) is 0 Å². The molecular formula is C15H9BrO2. The number of rotatable bonds is 1. The molecule has 0 aromatic heterocycles. The van der Waals surface area contributed by atoms with E-state index in [4.69, 9.17) is 0 Å². The van der Waals surface area contributed by atoms with E-state index < -0.39 is 5.78 Å². The Kier molecular flexibility index (Phi) is 3.81. The summed E-state index contributed by atoms with van der Waals surface area (Å²) in [5.41, 5.74) is 0.966. The average Bonchev–Trinajstić information content (AvgIpc) is 2.40. The van der Waals surface area contributed by atoms with Gasteiger partial charge in [0.25, 0.3) is 0 Å². The minimum absolute atomic E-state index is 0.0643. The molecule has 0 amide bonds. The zero-order valence-corrected chi connectivity index (χ0v) is 10.9. The van der Waals surface area contributed by atoms with Gasteiger partial charge in [-0.15, -0.1) is 0 Å². The van der Waals surface area contributed by atoms with Crippen molar-refractivity contribution in [3.8, 4) is 17.6 Å². The van der Waals surface area contributed by atoms with Crippen LogP contribution in [0.15, 0.2) is 53.0 Å². The minimum atomic E-state index is -0.405. The van der Waals surface area contributed by atoms with E-state index in [2.05, 4.69) is 27.8 Å². The molecule has 0 aliphatic rings. The van der Waals surface area contributed by atoms with Crippen molar-refractivity contribution >= 4 is 21.7 Å². The summed E-state index contributed by atoms with van der Waals surface area (Å²) in [6, 6.07) is 13.9. The number of hydrogen-bond donors (Lipinski definition) is 1. The second-order valence-electron chi connectivity index (χ2n) is 3.61. The molecule has 2 aromatic rings. The lowest BCUT2D eigenvalue weighted by Crippen LogP contribution is -1.95. The van der Waals surface area contributed by atoms with Gasteiger partial charge in [-0.05, 0) is 36.3 Å². The average molecular weight is 301 g/mol. The van der Waals surface area contributed by atoms with Gasteiger partial charge in [-0.1, -0.05) is 40.0 Å². The molecule has 2 aromatic carbocycles. The number of hydrogen-bond acceptors (Lipinski definition) is 2. The molecule has 0 radical (unpaired) electrons. The standard InChI is InChI=1S/C15H9BrO2/c16-12-7-9-15(18)13(10-12)14(17)8-6-11-4-2-1-3-5-11/h1-5,7,9-10,18H. The highest BCUT2D eigenvalue weighted by Crippen LogP contribution is 2.21. The molecule has 2 rings (SSSR count). The Morgan fingerprint density at radius 1 is 1.11 bits per heavy atom. The van der Waals surface area contributed by atoms with Crippen molar-refractivity contribution in [2.24, 2.45) is 0 Å². The molecule has 1 N–H and O–H groups in total. The molecule has 0 saturated carbocycles. The van der Waals surface area contributed by atoms with E-state index in [0.29, 0.717) is 0 Å². The van der Waals surface area contributed by atoms with E-state index in [1.807, 2.05) is 30.3 Å². The lowest BCUT2D eigenvalue weighted by atomic mass is 10.1. The lowest BCUT2D eigenvalue weighted by Gasteiger charge is -1.99. The molecule has 0 fully saturated rings. The quantitative estimate of drug-likeness (QED) is 0.647. The highest BCUT2D eigenvalue weighted by molar-refractivity contribution is 9.10. The third-order valence-electron chi connectivity index (χ3n) is 2.30. The predicted molar refractivity (Wildman–Crippen MR) is 73.5 cm³/mol. The number of aromatic hydroxyl groups is 1. The van der Waals surface area contributed by atoms with E-state index in [0.717, 1.165) is 10.0 Å². The fourth-order valence-electron chi connectivity index (χ4n) is 1.41. The second kappa shape index (κ2) is 5.52. The third-order valence-corrected chi connectivity index (χ3v) is 2.79. The number of halogens is 1. The third kappa shape index (κ3) is 2.99. The van der Waals surface area contributed by atoms with Crippen LogP contribution in [0.4, 0.5) is 0 Å². The van der Waals surface area contributed by atoms with Crippen LogP contribution in [-0.2, 0) is 0 Å². The summed E-state index contributed by atoms with van der Waals surface area (Å²) >= 11 is 3.25. The minimum Gasteiger partial charge on any atom is -0.507 e. The summed E-state index contributed by atoms with van der Waals surface area (Å²) in [7, 11) is 0. The van der Waals surface area contributed by atoms with Crippen LogP contribution in [0.1, 0.15) is 15.9 Å². The number of phenols is 1. The van der Waals surface area contributed by atoms with Gasteiger partial charge >= 0.3 is 0 Å². The smallest absolute Gasteiger partial charge is 0.240 e. The summed E-state index contributed by atoms with van der Waals surface area (Å²) < 4.78 is 0.727. The fourth-order valence-corrected chi connectivity index (χ4v) is 1.77. The lowest BCUT2D eigenvalue weighted by molar-refractivity contribution is 0.105. The van der Waals surface area contributed by atoms with E-state index in [-0.39, 0.29) is 11.3 Å². The van der Waals surface area contributed by atoms with Gasteiger partial charge < -0.3 is 5.11 Å². The van der Waals surface area contributed by atoms with Crippen LogP contribution >= 0.6 is 15.9 Å². The topological polar surface area (TPSA) is 37.3 Å². The Labute approximate surface area is 113 Å². The summed E-state index contributed by atoms with van der Waals surface area (Å²) in [6.07, 6.45) is 0. The number of phenolic OH excluding ortho intramolecular Hbond substituents is 1. The maximum Gasteiger partial charge on any atom is 0.240 e. The van der Waals surface area contributed by atoms with Gasteiger partial charge in [0.15, 0.2) is 0 Å². The first-order chi connectivity index (χ1) is 8.66. The van der Waals surface area contributed by atoms with E-state index >= 15 is 0 Å². The number of ketones is 1. The van der Waals surface area contributed by atoms with Crippen molar-refractivity contribution in [2.75, 3.05) is 0 Å². The first-order valence-corrected chi connectivity index (χ1v) is 6.06. The molecule has 88 valence electrons. The number of benzene rings is 2. The van der Waals surface area contributed by atoms with Crippen molar-refractivity contribution < 1.29 is 9.90 Å². The second-order valence-corrected chi connectivity index (χ2v) is 4.52. The van der Waals surface area contributed by atoms with E-state index in [9.17, 15) is 9.90 Å². The van der Waals surface area contributed by atoms with Crippen LogP contribution in [0.5, 0.6) is 5.75 Å². The van der Waals surface area contributed by atoms with Gasteiger partial charge in [0.05, 0.1) is 5.56 Å². The van der Waals surface area contributed by atoms with Crippen LogP contribution in [0, 0.1) is 11.8 Å². The molecule has 18 heavy (non-hydrogen) atoms. The number of carbonyl (C=O) groups excluding carboxylic acids is 1. The van der Waals surface area contributed by atoms with Gasteiger partial charge in [0, 0.05) is 10.0 Å².